The predicted octanol–water partition coefficient (Wildman–Crippen LogP) is -1.46. The lowest BCUT2D eigenvalue weighted by molar-refractivity contribution is -0.0243. The van der Waals surface area contributed by atoms with Gasteiger partial charge < -0.3 is 25.0 Å². The van der Waals surface area contributed by atoms with Crippen LogP contribution < -0.4 is 5.56 Å². The molecule has 7 nitrogen and oxygen atoms in total. The Kier molecular flexibility index (Phi) is 3.49. The van der Waals surface area contributed by atoms with E-state index in [-0.39, 0.29) is 11.3 Å². The van der Waals surface area contributed by atoms with Gasteiger partial charge in [-0.2, -0.15) is 0 Å². The van der Waals surface area contributed by atoms with E-state index >= 15 is 0 Å². The molecule has 0 bridgehead atoms. The second-order valence-corrected chi connectivity index (χ2v) is 4.42. The Balaban J connectivity index is 2.38. The summed E-state index contributed by atoms with van der Waals surface area (Å²) in [5.41, 5.74) is 0.798. The molecule has 100 valence electrons. The molecule has 1 aliphatic heterocycles. The van der Waals surface area contributed by atoms with Gasteiger partial charge in [-0.3, -0.25) is 4.79 Å². The monoisotopic (exact) mass is 256 g/mol. The topological polar surface area (TPSA) is 116 Å². The molecule has 7 heteroatoms. The predicted molar refractivity (Wildman–Crippen MR) is 61.0 cm³/mol. The Hall–Kier alpha value is -1.28. The van der Waals surface area contributed by atoms with E-state index < -0.39 is 31.0 Å². The lowest BCUT2D eigenvalue weighted by Gasteiger charge is -2.16. The standard InChI is InChI=1S/C11H16N2O5/c1-4-7(12-5(2)11(17)13-4)10-9(16)8(15)6(3-14)18-10/h6,8-10,14-16H,3H2,1-2H3,(H,13,17). The minimum absolute atomic E-state index is 0.258. The van der Waals surface area contributed by atoms with Crippen molar-refractivity contribution < 1.29 is 20.1 Å². The van der Waals surface area contributed by atoms with Crippen LogP contribution in [0.3, 0.4) is 0 Å². The van der Waals surface area contributed by atoms with Gasteiger partial charge in [0.05, 0.1) is 12.3 Å². The zero-order valence-electron chi connectivity index (χ0n) is 10.1. The van der Waals surface area contributed by atoms with Gasteiger partial charge in [-0.1, -0.05) is 0 Å². The molecule has 1 aromatic heterocycles. The van der Waals surface area contributed by atoms with Crippen molar-refractivity contribution in [1.29, 1.82) is 0 Å². The van der Waals surface area contributed by atoms with E-state index in [9.17, 15) is 15.0 Å². The quantitative estimate of drug-likeness (QED) is 0.514. The maximum Gasteiger partial charge on any atom is 0.269 e. The van der Waals surface area contributed by atoms with Crippen LogP contribution in [0.1, 0.15) is 23.2 Å². The maximum atomic E-state index is 11.4. The normalized spacial score (nSPS) is 31.8. The fraction of sp³-hybridized carbons (Fsp3) is 0.636. The van der Waals surface area contributed by atoms with E-state index in [0.29, 0.717) is 11.4 Å². The second-order valence-electron chi connectivity index (χ2n) is 4.42. The first kappa shape index (κ1) is 13.2. The van der Waals surface area contributed by atoms with Crippen molar-refractivity contribution in [3.63, 3.8) is 0 Å². The molecular formula is C11H16N2O5. The van der Waals surface area contributed by atoms with Crippen molar-refractivity contribution in [3.8, 4) is 0 Å². The number of hydrogen-bond donors (Lipinski definition) is 4. The van der Waals surface area contributed by atoms with E-state index in [2.05, 4.69) is 9.97 Å². The summed E-state index contributed by atoms with van der Waals surface area (Å²) in [5, 5.41) is 28.6. The van der Waals surface area contributed by atoms with Crippen LogP contribution in [0.4, 0.5) is 0 Å². The number of aliphatic hydroxyl groups is 3. The van der Waals surface area contributed by atoms with Gasteiger partial charge in [0.15, 0.2) is 0 Å². The van der Waals surface area contributed by atoms with E-state index in [0.717, 1.165) is 0 Å². The third-order valence-electron chi connectivity index (χ3n) is 3.11. The fourth-order valence-electron chi connectivity index (χ4n) is 2.04. The average molecular weight is 256 g/mol. The Labute approximate surface area is 103 Å². The molecule has 0 spiro atoms. The molecule has 0 amide bonds. The first-order valence-corrected chi connectivity index (χ1v) is 5.65. The third kappa shape index (κ3) is 2.05. The lowest BCUT2D eigenvalue weighted by atomic mass is 10.0. The molecule has 1 fully saturated rings. The highest BCUT2D eigenvalue weighted by atomic mass is 16.6. The molecule has 2 heterocycles. The first-order valence-electron chi connectivity index (χ1n) is 5.65. The Morgan fingerprint density at radius 2 is 2.00 bits per heavy atom. The molecule has 4 atom stereocenters. The average Bonchev–Trinajstić information content (AvgIpc) is 2.61. The number of aromatic nitrogens is 2. The van der Waals surface area contributed by atoms with Crippen LogP contribution in [0.2, 0.25) is 0 Å². The molecule has 2 rings (SSSR count). The summed E-state index contributed by atoms with van der Waals surface area (Å²) in [6.07, 6.45) is -4.06. The van der Waals surface area contributed by atoms with Crippen molar-refractivity contribution in [3.05, 3.63) is 27.4 Å². The number of nitrogens with zero attached hydrogens (tertiary/aromatic N) is 1. The molecule has 0 saturated carbocycles. The van der Waals surface area contributed by atoms with E-state index in [1.54, 1.807) is 13.8 Å². The number of ether oxygens (including phenoxy) is 1. The highest BCUT2D eigenvalue weighted by molar-refractivity contribution is 5.18. The Bertz CT molecular complexity index is 501. The number of hydrogen-bond acceptors (Lipinski definition) is 6. The summed E-state index contributed by atoms with van der Waals surface area (Å²) in [4.78, 5) is 18.0. The van der Waals surface area contributed by atoms with E-state index in [4.69, 9.17) is 9.84 Å². The number of nitrogens with one attached hydrogen (secondary N) is 1. The van der Waals surface area contributed by atoms with Crippen LogP contribution in [0.5, 0.6) is 0 Å². The summed E-state index contributed by atoms with van der Waals surface area (Å²) in [6.45, 7) is 2.79. The summed E-state index contributed by atoms with van der Waals surface area (Å²) in [7, 11) is 0. The first-order chi connectivity index (χ1) is 8.45. The molecular weight excluding hydrogens is 240 g/mol. The van der Waals surface area contributed by atoms with Gasteiger partial charge in [0.2, 0.25) is 0 Å². The third-order valence-corrected chi connectivity index (χ3v) is 3.11. The number of H-pyrrole nitrogens is 1. The molecule has 0 aromatic carbocycles. The molecule has 18 heavy (non-hydrogen) atoms. The minimum Gasteiger partial charge on any atom is -0.394 e. The molecule has 0 aliphatic carbocycles. The molecule has 1 aliphatic rings. The Morgan fingerprint density at radius 3 is 2.56 bits per heavy atom. The van der Waals surface area contributed by atoms with Gasteiger partial charge in [0.25, 0.3) is 5.56 Å². The fourth-order valence-corrected chi connectivity index (χ4v) is 2.04. The second kappa shape index (κ2) is 4.77. The number of aliphatic hydroxyl groups excluding tert-OH is 3. The Morgan fingerprint density at radius 1 is 1.33 bits per heavy atom. The van der Waals surface area contributed by atoms with Crippen molar-refractivity contribution in [2.45, 2.75) is 38.3 Å². The summed E-state index contributed by atoms with van der Waals surface area (Å²) < 4.78 is 5.36. The van der Waals surface area contributed by atoms with Crippen molar-refractivity contribution in [2.75, 3.05) is 6.61 Å². The number of rotatable bonds is 2. The maximum absolute atomic E-state index is 11.4. The van der Waals surface area contributed by atoms with Crippen molar-refractivity contribution in [1.82, 2.24) is 9.97 Å². The van der Waals surface area contributed by atoms with Gasteiger partial charge in [-0.15, -0.1) is 0 Å². The lowest BCUT2D eigenvalue weighted by Crippen LogP contribution is -2.32. The van der Waals surface area contributed by atoms with Crippen LogP contribution in [-0.2, 0) is 4.74 Å². The van der Waals surface area contributed by atoms with Crippen LogP contribution in [0.15, 0.2) is 4.79 Å². The molecule has 0 radical (unpaired) electrons. The molecule has 1 aromatic rings. The van der Waals surface area contributed by atoms with Crippen molar-refractivity contribution >= 4 is 0 Å². The molecule has 1 saturated heterocycles. The molecule has 4 N–H and O–H groups in total. The van der Waals surface area contributed by atoms with E-state index in [1.807, 2.05) is 0 Å². The summed E-state index contributed by atoms with van der Waals surface area (Å²) in [6, 6.07) is 0. The zero-order valence-corrected chi connectivity index (χ0v) is 10.1. The smallest absolute Gasteiger partial charge is 0.269 e. The number of aromatic amines is 1. The highest BCUT2D eigenvalue weighted by Gasteiger charge is 2.44. The highest BCUT2D eigenvalue weighted by Crippen LogP contribution is 2.33. The van der Waals surface area contributed by atoms with Gasteiger partial charge in [-0.25, -0.2) is 4.98 Å². The largest absolute Gasteiger partial charge is 0.394 e. The van der Waals surface area contributed by atoms with Crippen molar-refractivity contribution in [2.24, 2.45) is 0 Å². The van der Waals surface area contributed by atoms with Gasteiger partial charge in [-0.05, 0) is 13.8 Å². The van der Waals surface area contributed by atoms with Crippen LogP contribution in [0, 0.1) is 13.8 Å². The van der Waals surface area contributed by atoms with Crippen LogP contribution >= 0.6 is 0 Å². The number of aryl methyl sites for hydroxylation is 2. The van der Waals surface area contributed by atoms with Gasteiger partial charge in [0.1, 0.15) is 30.1 Å². The summed E-state index contributed by atoms with van der Waals surface area (Å²) in [5.74, 6) is 0. The zero-order chi connectivity index (χ0) is 13.4. The van der Waals surface area contributed by atoms with Gasteiger partial charge in [0, 0.05) is 5.69 Å². The van der Waals surface area contributed by atoms with Crippen LogP contribution in [-0.4, -0.2) is 50.2 Å². The molecule has 4 unspecified atom stereocenters. The van der Waals surface area contributed by atoms with Crippen LogP contribution in [0.25, 0.3) is 0 Å². The van der Waals surface area contributed by atoms with E-state index in [1.165, 1.54) is 0 Å². The minimum atomic E-state index is -1.18. The summed E-state index contributed by atoms with van der Waals surface area (Å²) >= 11 is 0. The SMILES string of the molecule is Cc1[nH]c(=O)c(C)nc1C1OC(CO)C(O)C1O. The van der Waals surface area contributed by atoms with Gasteiger partial charge >= 0.3 is 0 Å².